The van der Waals surface area contributed by atoms with Crippen molar-refractivity contribution >= 4 is 34.6 Å². The van der Waals surface area contributed by atoms with Crippen LogP contribution >= 0.6 is 22.9 Å². The Morgan fingerprint density at radius 2 is 2.22 bits per heavy atom. The van der Waals surface area contributed by atoms with Gasteiger partial charge in [-0.1, -0.05) is 11.6 Å². The van der Waals surface area contributed by atoms with Crippen LogP contribution in [0.3, 0.4) is 0 Å². The molecule has 1 atom stereocenters. The highest BCUT2D eigenvalue weighted by Crippen LogP contribution is 2.27. The molecule has 0 saturated carbocycles. The first-order valence-corrected chi connectivity index (χ1v) is 6.71. The summed E-state index contributed by atoms with van der Waals surface area (Å²) in [5.41, 5.74) is 2.10. The van der Waals surface area contributed by atoms with Crippen LogP contribution in [0.1, 0.15) is 28.9 Å². The zero-order chi connectivity index (χ0) is 13.1. The van der Waals surface area contributed by atoms with Gasteiger partial charge in [0, 0.05) is 6.04 Å². The summed E-state index contributed by atoms with van der Waals surface area (Å²) in [5, 5.41) is 16.6. The molecule has 0 fully saturated rings. The summed E-state index contributed by atoms with van der Waals surface area (Å²) in [7, 11) is 0. The maximum absolute atomic E-state index is 10.8. The van der Waals surface area contributed by atoms with Crippen molar-refractivity contribution < 1.29 is 9.90 Å². The number of rotatable bonds is 4. The van der Waals surface area contributed by atoms with Gasteiger partial charge < -0.3 is 10.4 Å². The van der Waals surface area contributed by atoms with Crippen molar-refractivity contribution in [2.24, 2.45) is 0 Å². The molecular formula is C13H12ClNO2S. The molecule has 0 aliphatic rings. The Kier molecular flexibility index (Phi) is 3.89. The van der Waals surface area contributed by atoms with E-state index in [0.717, 1.165) is 5.69 Å². The number of anilines is 1. The highest BCUT2D eigenvalue weighted by Gasteiger charge is 2.10. The fourth-order valence-electron chi connectivity index (χ4n) is 1.60. The maximum Gasteiger partial charge on any atom is 0.335 e. The molecule has 0 saturated heterocycles. The average Bonchev–Trinajstić information content (AvgIpc) is 2.85. The highest BCUT2D eigenvalue weighted by atomic mass is 35.5. The van der Waals surface area contributed by atoms with E-state index in [1.165, 1.54) is 17.7 Å². The first-order chi connectivity index (χ1) is 8.58. The lowest BCUT2D eigenvalue weighted by Crippen LogP contribution is -2.06. The van der Waals surface area contributed by atoms with Gasteiger partial charge in [0.2, 0.25) is 0 Å². The summed E-state index contributed by atoms with van der Waals surface area (Å²) in [5.74, 6) is -0.977. The minimum Gasteiger partial charge on any atom is -0.478 e. The summed E-state index contributed by atoms with van der Waals surface area (Å²) in [6.45, 7) is 2.03. The average molecular weight is 282 g/mol. The second-order valence-corrected chi connectivity index (χ2v) is 5.11. The lowest BCUT2D eigenvalue weighted by Gasteiger charge is -2.15. The Morgan fingerprint density at radius 1 is 1.44 bits per heavy atom. The number of thiophene rings is 1. The second kappa shape index (κ2) is 5.42. The van der Waals surface area contributed by atoms with Crippen molar-refractivity contribution in [1.82, 2.24) is 0 Å². The molecule has 2 rings (SSSR count). The molecule has 5 heteroatoms. The van der Waals surface area contributed by atoms with Gasteiger partial charge in [-0.25, -0.2) is 4.79 Å². The van der Waals surface area contributed by atoms with Gasteiger partial charge in [-0.05, 0) is 47.5 Å². The summed E-state index contributed by atoms with van der Waals surface area (Å²) < 4.78 is 0. The largest absolute Gasteiger partial charge is 0.478 e. The van der Waals surface area contributed by atoms with Crippen LogP contribution in [0.25, 0.3) is 0 Å². The van der Waals surface area contributed by atoms with Crippen molar-refractivity contribution in [3.8, 4) is 0 Å². The van der Waals surface area contributed by atoms with Crippen LogP contribution in [0.4, 0.5) is 5.69 Å². The Balaban J connectivity index is 2.17. The van der Waals surface area contributed by atoms with Crippen molar-refractivity contribution in [3.63, 3.8) is 0 Å². The smallest absolute Gasteiger partial charge is 0.335 e. The van der Waals surface area contributed by atoms with Crippen LogP contribution in [0.15, 0.2) is 35.0 Å². The van der Waals surface area contributed by atoms with Gasteiger partial charge in [0.1, 0.15) is 0 Å². The zero-order valence-electron chi connectivity index (χ0n) is 9.68. The Bertz CT molecular complexity index is 554. The van der Waals surface area contributed by atoms with Gasteiger partial charge in [0.25, 0.3) is 0 Å². The van der Waals surface area contributed by atoms with Gasteiger partial charge >= 0.3 is 5.97 Å². The first-order valence-electron chi connectivity index (χ1n) is 5.39. The van der Waals surface area contributed by atoms with Crippen LogP contribution in [0.5, 0.6) is 0 Å². The molecule has 1 unspecified atom stereocenters. The third kappa shape index (κ3) is 2.83. The van der Waals surface area contributed by atoms with Crippen LogP contribution in [-0.2, 0) is 0 Å². The number of carbonyl (C=O) groups is 1. The molecular weight excluding hydrogens is 270 g/mol. The van der Waals surface area contributed by atoms with Gasteiger partial charge in [-0.15, -0.1) is 0 Å². The predicted molar refractivity (Wildman–Crippen MR) is 74.8 cm³/mol. The zero-order valence-corrected chi connectivity index (χ0v) is 11.3. The van der Waals surface area contributed by atoms with Gasteiger partial charge in [-0.3, -0.25) is 0 Å². The van der Waals surface area contributed by atoms with E-state index in [9.17, 15) is 4.79 Å². The van der Waals surface area contributed by atoms with Crippen molar-refractivity contribution in [3.05, 3.63) is 51.2 Å². The molecule has 94 valence electrons. The van der Waals surface area contributed by atoms with Gasteiger partial charge in [-0.2, -0.15) is 11.3 Å². The fourth-order valence-corrected chi connectivity index (χ4v) is 2.59. The van der Waals surface area contributed by atoms with E-state index in [1.54, 1.807) is 17.4 Å². The van der Waals surface area contributed by atoms with Crippen LogP contribution in [-0.4, -0.2) is 11.1 Å². The van der Waals surface area contributed by atoms with E-state index in [0.29, 0.717) is 5.02 Å². The molecule has 2 aromatic rings. The van der Waals surface area contributed by atoms with E-state index < -0.39 is 5.97 Å². The quantitative estimate of drug-likeness (QED) is 0.880. The minimum absolute atomic E-state index is 0.129. The molecule has 18 heavy (non-hydrogen) atoms. The Morgan fingerprint density at radius 3 is 2.78 bits per heavy atom. The number of carboxylic acids is 1. The molecule has 1 aromatic carbocycles. The van der Waals surface area contributed by atoms with E-state index >= 15 is 0 Å². The lowest BCUT2D eigenvalue weighted by atomic mass is 10.1. The third-order valence-electron chi connectivity index (χ3n) is 2.63. The number of hydrogen-bond acceptors (Lipinski definition) is 3. The lowest BCUT2D eigenvalue weighted by molar-refractivity contribution is 0.0697. The third-order valence-corrected chi connectivity index (χ3v) is 3.65. The number of benzene rings is 1. The molecule has 1 heterocycles. The van der Waals surface area contributed by atoms with Gasteiger partial charge in [0.05, 0.1) is 16.3 Å². The molecule has 3 nitrogen and oxygen atoms in total. The van der Waals surface area contributed by atoms with E-state index in [2.05, 4.69) is 10.7 Å². The number of nitrogens with one attached hydrogen (secondary N) is 1. The summed E-state index contributed by atoms with van der Waals surface area (Å²) in [6, 6.07) is 6.85. The minimum atomic E-state index is -0.977. The summed E-state index contributed by atoms with van der Waals surface area (Å²) >= 11 is 7.69. The number of carboxylic acid groups (broad SMARTS) is 1. The van der Waals surface area contributed by atoms with Crippen LogP contribution in [0.2, 0.25) is 5.02 Å². The van der Waals surface area contributed by atoms with E-state index in [1.807, 2.05) is 18.4 Å². The maximum atomic E-state index is 10.8. The van der Waals surface area contributed by atoms with Crippen molar-refractivity contribution in [1.29, 1.82) is 0 Å². The number of hydrogen-bond donors (Lipinski definition) is 2. The molecule has 0 spiro atoms. The molecule has 0 amide bonds. The first kappa shape index (κ1) is 12.9. The van der Waals surface area contributed by atoms with Crippen LogP contribution in [0, 0.1) is 0 Å². The number of halogens is 1. The summed E-state index contributed by atoms with van der Waals surface area (Å²) in [6.07, 6.45) is 0. The number of aromatic carboxylic acids is 1. The normalized spacial score (nSPS) is 12.1. The SMILES string of the molecule is CC(Nc1ccc(C(=O)O)cc1Cl)c1ccsc1. The van der Waals surface area contributed by atoms with Crippen LogP contribution < -0.4 is 5.32 Å². The highest BCUT2D eigenvalue weighted by molar-refractivity contribution is 7.08. The summed E-state index contributed by atoms with van der Waals surface area (Å²) in [4.78, 5) is 10.8. The second-order valence-electron chi connectivity index (χ2n) is 3.92. The standard InChI is InChI=1S/C13H12ClNO2S/c1-8(10-4-5-18-7-10)15-12-3-2-9(13(16)17)6-11(12)14/h2-8,15H,1H3,(H,16,17). The molecule has 0 bridgehead atoms. The topological polar surface area (TPSA) is 49.3 Å². The Labute approximate surface area is 114 Å². The van der Waals surface area contributed by atoms with Crippen molar-refractivity contribution in [2.75, 3.05) is 5.32 Å². The molecule has 1 aromatic heterocycles. The van der Waals surface area contributed by atoms with Crippen molar-refractivity contribution in [2.45, 2.75) is 13.0 Å². The predicted octanol–water partition coefficient (Wildman–Crippen LogP) is 4.27. The van der Waals surface area contributed by atoms with Gasteiger partial charge in [0.15, 0.2) is 0 Å². The molecule has 0 aliphatic heterocycles. The fraction of sp³-hybridized carbons (Fsp3) is 0.154. The monoisotopic (exact) mass is 281 g/mol. The molecule has 2 N–H and O–H groups in total. The van der Waals surface area contributed by atoms with E-state index in [4.69, 9.17) is 16.7 Å². The molecule has 0 aliphatic carbocycles. The Hall–Kier alpha value is -1.52. The molecule has 0 radical (unpaired) electrons. The van der Waals surface area contributed by atoms with E-state index in [-0.39, 0.29) is 11.6 Å².